The summed E-state index contributed by atoms with van der Waals surface area (Å²) in [4.78, 5) is 10.7. The van der Waals surface area contributed by atoms with Gasteiger partial charge in [-0.15, -0.1) is 0 Å². The first-order valence-corrected chi connectivity index (χ1v) is 9.55. The van der Waals surface area contributed by atoms with Gasteiger partial charge < -0.3 is 15.3 Å². The summed E-state index contributed by atoms with van der Waals surface area (Å²) in [6.07, 6.45) is 5.32. The van der Waals surface area contributed by atoms with Crippen LogP contribution in [0.3, 0.4) is 0 Å². The van der Waals surface area contributed by atoms with E-state index in [1.165, 1.54) is 0 Å². The van der Waals surface area contributed by atoms with E-state index in [9.17, 15) is 5.11 Å². The zero-order valence-corrected chi connectivity index (χ0v) is 16.8. The number of aromatic nitrogens is 2. The fourth-order valence-corrected chi connectivity index (χ4v) is 3.48. The minimum atomic E-state index is -0.249. The average Bonchev–Trinajstić information content (AvgIpc) is 2.73. The van der Waals surface area contributed by atoms with Crippen LogP contribution in [0.2, 0.25) is 0 Å². The summed E-state index contributed by atoms with van der Waals surface area (Å²) in [5.74, 6) is 0.192. The van der Waals surface area contributed by atoms with Crippen LogP contribution in [0.15, 0.2) is 73.2 Å². The second-order valence-corrected chi connectivity index (χ2v) is 7.39. The fourth-order valence-electron chi connectivity index (χ4n) is 3.48. The Morgan fingerprint density at radius 1 is 1.00 bits per heavy atom. The van der Waals surface area contributed by atoms with Crippen LogP contribution in [0.1, 0.15) is 22.7 Å². The molecule has 0 saturated heterocycles. The molecule has 5 heteroatoms. The summed E-state index contributed by atoms with van der Waals surface area (Å²) in [5.41, 5.74) is 5.50. The minimum absolute atomic E-state index is 0.192. The van der Waals surface area contributed by atoms with Gasteiger partial charge in [0.2, 0.25) is 0 Å². The smallest absolute Gasteiger partial charge is 0.147 e. The quantitative estimate of drug-likeness (QED) is 0.512. The molecular weight excluding hydrogens is 360 g/mol. The number of aromatic hydroxyl groups is 1. The summed E-state index contributed by atoms with van der Waals surface area (Å²) < 4.78 is 0. The highest BCUT2D eigenvalue weighted by Gasteiger charge is 2.20. The highest BCUT2D eigenvalue weighted by molar-refractivity contribution is 5.86. The van der Waals surface area contributed by atoms with Crippen LogP contribution >= 0.6 is 0 Å². The molecule has 1 unspecified atom stereocenters. The van der Waals surface area contributed by atoms with Gasteiger partial charge >= 0.3 is 0 Å². The molecule has 2 N–H and O–H groups in total. The van der Waals surface area contributed by atoms with Gasteiger partial charge in [-0.25, -0.2) is 0 Å². The predicted octanol–water partition coefficient (Wildman–Crippen LogP) is 4.91. The summed E-state index contributed by atoms with van der Waals surface area (Å²) in [6.45, 7) is 2.01. The summed E-state index contributed by atoms with van der Waals surface area (Å²) in [7, 11) is 4.04. The lowest BCUT2D eigenvalue weighted by atomic mass is 9.95. The predicted molar refractivity (Wildman–Crippen MR) is 119 cm³/mol. The topological polar surface area (TPSA) is 61.3 Å². The maximum absolute atomic E-state index is 11.0. The number of phenolic OH excluding ortho intramolecular Hbond substituents is 1. The van der Waals surface area contributed by atoms with E-state index in [0.717, 1.165) is 33.5 Å². The summed E-state index contributed by atoms with van der Waals surface area (Å²) in [6, 6.07) is 17.9. The van der Waals surface area contributed by atoms with E-state index < -0.39 is 0 Å². The first-order chi connectivity index (χ1) is 14.0. The Bertz CT molecular complexity index is 1140. The number of benzene rings is 2. The number of phenols is 1. The van der Waals surface area contributed by atoms with Crippen LogP contribution in [0.25, 0.3) is 10.9 Å². The first kappa shape index (κ1) is 18.7. The monoisotopic (exact) mass is 384 g/mol. The fraction of sp³-hybridized carbons (Fsp3) is 0.167. The molecule has 0 amide bonds. The van der Waals surface area contributed by atoms with E-state index in [4.69, 9.17) is 0 Å². The van der Waals surface area contributed by atoms with Crippen LogP contribution in [0.5, 0.6) is 5.75 Å². The van der Waals surface area contributed by atoms with Gasteiger partial charge in [0, 0.05) is 49.3 Å². The Hall–Kier alpha value is -3.60. The molecule has 4 rings (SSSR count). The zero-order valence-electron chi connectivity index (χ0n) is 16.8. The maximum Gasteiger partial charge on any atom is 0.147 e. The molecule has 2 aromatic heterocycles. The lowest BCUT2D eigenvalue weighted by Gasteiger charge is -2.23. The molecular formula is C24H24N4O. The summed E-state index contributed by atoms with van der Waals surface area (Å²) in [5, 5.41) is 15.5. The van der Waals surface area contributed by atoms with E-state index in [1.54, 1.807) is 12.4 Å². The van der Waals surface area contributed by atoms with E-state index in [2.05, 4.69) is 44.5 Å². The molecule has 0 saturated carbocycles. The third-order valence-corrected chi connectivity index (χ3v) is 5.02. The van der Waals surface area contributed by atoms with Crippen molar-refractivity contribution in [3.05, 3.63) is 89.9 Å². The van der Waals surface area contributed by atoms with E-state index in [-0.39, 0.29) is 11.8 Å². The molecule has 0 aliphatic rings. The van der Waals surface area contributed by atoms with Gasteiger partial charge in [-0.05, 0) is 42.3 Å². The van der Waals surface area contributed by atoms with Crippen LogP contribution in [0, 0.1) is 6.92 Å². The van der Waals surface area contributed by atoms with E-state index >= 15 is 0 Å². The number of pyridine rings is 2. The Balaban J connectivity index is 1.82. The van der Waals surface area contributed by atoms with Crippen molar-refractivity contribution in [2.24, 2.45) is 0 Å². The lowest BCUT2D eigenvalue weighted by Crippen LogP contribution is -2.14. The number of nitrogens with one attached hydrogen (secondary N) is 1. The molecule has 0 aliphatic carbocycles. The van der Waals surface area contributed by atoms with Crippen LogP contribution in [-0.4, -0.2) is 29.2 Å². The highest BCUT2D eigenvalue weighted by atomic mass is 16.3. The van der Waals surface area contributed by atoms with Gasteiger partial charge in [-0.2, -0.15) is 0 Å². The molecule has 0 bridgehead atoms. The molecule has 29 heavy (non-hydrogen) atoms. The lowest BCUT2D eigenvalue weighted by molar-refractivity contribution is 0.472. The number of hydrogen-bond acceptors (Lipinski definition) is 5. The highest BCUT2D eigenvalue weighted by Crippen LogP contribution is 2.36. The minimum Gasteiger partial charge on any atom is -0.505 e. The molecule has 4 aromatic rings. The van der Waals surface area contributed by atoms with Gasteiger partial charge in [-0.1, -0.05) is 30.3 Å². The van der Waals surface area contributed by atoms with Crippen LogP contribution < -0.4 is 10.2 Å². The molecule has 5 nitrogen and oxygen atoms in total. The molecule has 0 aliphatic heterocycles. The first-order valence-electron chi connectivity index (χ1n) is 9.55. The van der Waals surface area contributed by atoms with Gasteiger partial charge in [0.15, 0.2) is 0 Å². The van der Waals surface area contributed by atoms with Gasteiger partial charge in [0.05, 0.1) is 11.7 Å². The molecule has 2 aromatic carbocycles. The Labute approximate surface area is 170 Å². The number of hydrogen-bond donors (Lipinski definition) is 2. The van der Waals surface area contributed by atoms with Crippen molar-refractivity contribution >= 4 is 22.3 Å². The molecule has 1 atom stereocenters. The number of anilines is 2. The zero-order chi connectivity index (χ0) is 20.4. The van der Waals surface area contributed by atoms with Crippen molar-refractivity contribution in [3.8, 4) is 5.75 Å². The third kappa shape index (κ3) is 3.85. The van der Waals surface area contributed by atoms with Crippen molar-refractivity contribution in [1.82, 2.24) is 9.97 Å². The normalized spacial score (nSPS) is 12.0. The van der Waals surface area contributed by atoms with Gasteiger partial charge in [0.25, 0.3) is 0 Å². The van der Waals surface area contributed by atoms with Crippen LogP contribution in [0.4, 0.5) is 11.4 Å². The number of rotatable bonds is 5. The largest absolute Gasteiger partial charge is 0.505 e. The second-order valence-electron chi connectivity index (χ2n) is 7.39. The molecule has 0 fully saturated rings. The van der Waals surface area contributed by atoms with Crippen LogP contribution in [-0.2, 0) is 0 Å². The number of nitrogens with zero attached hydrogens (tertiary/aromatic N) is 3. The summed E-state index contributed by atoms with van der Waals surface area (Å²) >= 11 is 0. The van der Waals surface area contributed by atoms with E-state index in [1.807, 2.05) is 57.5 Å². The van der Waals surface area contributed by atoms with Gasteiger partial charge in [-0.3, -0.25) is 9.97 Å². The standard InChI is InChI=1S/C24H24N4O/c1-16-13-19(15-25-14-16)27-22(18-6-9-20(10-7-18)28(2)3)21-11-8-17-5-4-12-26-23(17)24(21)29/h4-15,22,27,29H,1-3H3. The molecule has 0 spiro atoms. The molecule has 146 valence electrons. The third-order valence-electron chi connectivity index (χ3n) is 5.02. The van der Waals surface area contributed by atoms with Crippen molar-refractivity contribution in [2.75, 3.05) is 24.3 Å². The Morgan fingerprint density at radius 3 is 2.52 bits per heavy atom. The Morgan fingerprint density at radius 2 is 1.79 bits per heavy atom. The number of fused-ring (bicyclic) bond motifs is 1. The van der Waals surface area contributed by atoms with Crippen molar-refractivity contribution in [2.45, 2.75) is 13.0 Å². The average molecular weight is 384 g/mol. The van der Waals surface area contributed by atoms with Crippen molar-refractivity contribution < 1.29 is 5.11 Å². The SMILES string of the molecule is Cc1cncc(NC(c2ccc(N(C)C)cc2)c2ccc3cccnc3c2O)c1. The second kappa shape index (κ2) is 7.80. The molecule has 0 radical (unpaired) electrons. The molecule has 2 heterocycles. The maximum atomic E-state index is 11.0. The van der Waals surface area contributed by atoms with Crippen molar-refractivity contribution in [1.29, 1.82) is 0 Å². The number of aryl methyl sites for hydroxylation is 1. The Kier molecular flexibility index (Phi) is 5.04. The van der Waals surface area contributed by atoms with Gasteiger partial charge in [0.1, 0.15) is 11.3 Å². The van der Waals surface area contributed by atoms with Crippen molar-refractivity contribution in [3.63, 3.8) is 0 Å². The van der Waals surface area contributed by atoms with E-state index in [0.29, 0.717) is 5.52 Å².